The SMILES string of the molecule is CC1(C)c2ccccc2-c2cc(-c3cc(-c4cc(-c5ccccc5)cc(-c5ccc6sc7ccccc7c6c5)c4)nc(-c4ccccc4)n3)ccc21. The van der Waals surface area contributed by atoms with Crippen molar-refractivity contribution in [2.24, 2.45) is 0 Å². The Morgan fingerprint density at radius 3 is 1.79 bits per heavy atom. The van der Waals surface area contributed by atoms with Crippen molar-refractivity contribution in [2.75, 3.05) is 0 Å². The van der Waals surface area contributed by atoms with E-state index in [1.54, 1.807) is 0 Å². The summed E-state index contributed by atoms with van der Waals surface area (Å²) < 4.78 is 2.62. The molecule has 0 unspecified atom stereocenters. The van der Waals surface area contributed by atoms with Gasteiger partial charge in [0.05, 0.1) is 11.4 Å². The van der Waals surface area contributed by atoms with Gasteiger partial charge in [-0.25, -0.2) is 9.97 Å². The molecule has 0 atom stereocenters. The highest BCUT2D eigenvalue weighted by molar-refractivity contribution is 7.25. The maximum Gasteiger partial charge on any atom is 0.160 e. The lowest BCUT2D eigenvalue weighted by Crippen LogP contribution is -2.14. The standard InChI is InChI=1S/C49H34N2S/c1-49(2)42-19-11-9-17-38(42)40-29-34(21-23-43(40)49)44-30-45(51-48(50-44)32-15-7-4-8-16-32)37-26-35(31-13-5-3-6-14-31)25-36(27-37)33-22-24-47-41(28-33)39-18-10-12-20-46(39)52-47/h3-30H,1-2H3. The van der Waals surface area contributed by atoms with Gasteiger partial charge in [-0.05, 0) is 93.0 Å². The second kappa shape index (κ2) is 12.0. The molecule has 0 fully saturated rings. The molecule has 0 saturated carbocycles. The topological polar surface area (TPSA) is 25.8 Å². The summed E-state index contributed by atoms with van der Waals surface area (Å²) in [7, 11) is 0. The Bertz CT molecular complexity index is 2810. The number of nitrogens with zero attached hydrogens (tertiary/aromatic N) is 2. The number of hydrogen-bond donors (Lipinski definition) is 0. The number of benzene rings is 7. The van der Waals surface area contributed by atoms with Gasteiger partial charge in [0.1, 0.15) is 0 Å². The molecule has 0 bridgehead atoms. The van der Waals surface area contributed by atoms with Gasteiger partial charge in [0, 0.05) is 42.3 Å². The highest BCUT2D eigenvalue weighted by Crippen LogP contribution is 2.49. The van der Waals surface area contributed by atoms with Gasteiger partial charge in [-0.1, -0.05) is 135 Å². The Kier molecular flexibility index (Phi) is 7.06. The molecule has 52 heavy (non-hydrogen) atoms. The summed E-state index contributed by atoms with van der Waals surface area (Å²) in [6.07, 6.45) is 0. The first-order valence-corrected chi connectivity index (χ1v) is 18.6. The van der Waals surface area contributed by atoms with Gasteiger partial charge >= 0.3 is 0 Å². The van der Waals surface area contributed by atoms with E-state index in [2.05, 4.69) is 178 Å². The average molecular weight is 683 g/mol. The molecule has 0 radical (unpaired) electrons. The lowest BCUT2D eigenvalue weighted by atomic mass is 9.82. The maximum absolute atomic E-state index is 5.27. The molecule has 0 aliphatic heterocycles. The molecule has 2 nitrogen and oxygen atoms in total. The second-order valence-corrected chi connectivity index (χ2v) is 15.3. The zero-order valence-electron chi connectivity index (χ0n) is 29.0. The van der Waals surface area contributed by atoms with Gasteiger partial charge in [-0.2, -0.15) is 0 Å². The summed E-state index contributed by atoms with van der Waals surface area (Å²) in [5, 5.41) is 2.60. The lowest BCUT2D eigenvalue weighted by molar-refractivity contribution is 0.660. The molecule has 7 aromatic carbocycles. The minimum Gasteiger partial charge on any atom is -0.228 e. The number of aromatic nitrogens is 2. The molecule has 10 rings (SSSR count). The average Bonchev–Trinajstić information content (AvgIpc) is 3.69. The third-order valence-corrected chi connectivity index (χ3v) is 11.8. The molecule has 0 saturated heterocycles. The summed E-state index contributed by atoms with van der Waals surface area (Å²) >= 11 is 1.85. The fourth-order valence-corrected chi connectivity index (χ4v) is 9.07. The van der Waals surface area contributed by atoms with Crippen molar-refractivity contribution < 1.29 is 0 Å². The van der Waals surface area contributed by atoms with Crippen molar-refractivity contribution >= 4 is 31.5 Å². The van der Waals surface area contributed by atoms with Crippen molar-refractivity contribution in [2.45, 2.75) is 19.3 Å². The minimum absolute atomic E-state index is 0.0525. The van der Waals surface area contributed by atoms with E-state index in [0.717, 1.165) is 39.2 Å². The third kappa shape index (κ3) is 5.08. The van der Waals surface area contributed by atoms with E-state index in [-0.39, 0.29) is 5.41 Å². The zero-order chi connectivity index (χ0) is 34.8. The van der Waals surface area contributed by atoms with Gasteiger partial charge in [0.25, 0.3) is 0 Å². The fraction of sp³-hybridized carbons (Fsp3) is 0.0612. The summed E-state index contributed by atoms with van der Waals surface area (Å²) in [6, 6.07) is 61.3. The van der Waals surface area contributed by atoms with E-state index in [4.69, 9.17) is 9.97 Å². The molecule has 0 spiro atoms. The van der Waals surface area contributed by atoms with Crippen molar-refractivity contribution in [1.82, 2.24) is 9.97 Å². The molecule has 0 amide bonds. The van der Waals surface area contributed by atoms with E-state index >= 15 is 0 Å². The largest absolute Gasteiger partial charge is 0.228 e. The summed E-state index contributed by atoms with van der Waals surface area (Å²) in [6.45, 7) is 4.65. The molecule has 3 heteroatoms. The number of thiophene rings is 1. The van der Waals surface area contributed by atoms with Gasteiger partial charge in [-0.15, -0.1) is 11.3 Å². The molecule has 1 aliphatic rings. The Labute approximate surface area is 307 Å². The molecule has 2 aromatic heterocycles. The number of rotatable bonds is 5. The van der Waals surface area contributed by atoms with Crippen LogP contribution in [0.5, 0.6) is 0 Å². The van der Waals surface area contributed by atoms with Gasteiger partial charge in [0.2, 0.25) is 0 Å². The smallest absolute Gasteiger partial charge is 0.160 e. The van der Waals surface area contributed by atoms with Crippen molar-refractivity contribution in [3.8, 4) is 67.3 Å². The summed E-state index contributed by atoms with van der Waals surface area (Å²) in [5.41, 5.74) is 14.9. The quantitative estimate of drug-likeness (QED) is 0.181. The monoisotopic (exact) mass is 682 g/mol. The molecule has 9 aromatic rings. The van der Waals surface area contributed by atoms with Crippen LogP contribution < -0.4 is 0 Å². The Morgan fingerprint density at radius 2 is 0.981 bits per heavy atom. The van der Waals surface area contributed by atoms with Crippen molar-refractivity contribution in [3.63, 3.8) is 0 Å². The first kappa shape index (κ1) is 30.6. The minimum atomic E-state index is -0.0525. The molecular weight excluding hydrogens is 649 g/mol. The second-order valence-electron chi connectivity index (χ2n) is 14.2. The summed E-state index contributed by atoms with van der Waals surface area (Å²) in [5.74, 6) is 0.715. The van der Waals surface area contributed by atoms with Gasteiger partial charge < -0.3 is 0 Å². The lowest BCUT2D eigenvalue weighted by Gasteiger charge is -2.21. The van der Waals surface area contributed by atoms with Crippen LogP contribution >= 0.6 is 11.3 Å². The molecular formula is C49H34N2S. The van der Waals surface area contributed by atoms with Crippen LogP contribution in [-0.4, -0.2) is 9.97 Å². The highest BCUT2D eigenvalue weighted by Gasteiger charge is 2.35. The van der Waals surface area contributed by atoms with E-state index in [0.29, 0.717) is 5.82 Å². The Morgan fingerprint density at radius 1 is 0.385 bits per heavy atom. The number of fused-ring (bicyclic) bond motifs is 6. The van der Waals surface area contributed by atoms with Crippen molar-refractivity contribution in [1.29, 1.82) is 0 Å². The number of hydrogen-bond acceptors (Lipinski definition) is 3. The first-order chi connectivity index (χ1) is 25.5. The Hall–Kier alpha value is -6.16. The van der Waals surface area contributed by atoms with Gasteiger partial charge in [-0.3, -0.25) is 0 Å². The molecule has 2 heterocycles. The predicted octanol–water partition coefficient (Wildman–Crippen LogP) is 13.5. The van der Waals surface area contributed by atoms with E-state index in [1.807, 2.05) is 17.4 Å². The first-order valence-electron chi connectivity index (χ1n) is 17.8. The highest BCUT2D eigenvalue weighted by atomic mass is 32.1. The van der Waals surface area contributed by atoms with E-state index in [1.165, 1.54) is 53.6 Å². The predicted molar refractivity (Wildman–Crippen MR) is 220 cm³/mol. The maximum atomic E-state index is 5.27. The molecule has 246 valence electrons. The van der Waals surface area contributed by atoms with Gasteiger partial charge in [0.15, 0.2) is 5.82 Å². The van der Waals surface area contributed by atoms with E-state index in [9.17, 15) is 0 Å². The van der Waals surface area contributed by atoms with Crippen LogP contribution in [0.1, 0.15) is 25.0 Å². The van der Waals surface area contributed by atoms with Crippen LogP contribution in [0.2, 0.25) is 0 Å². The fourth-order valence-electron chi connectivity index (χ4n) is 7.98. The molecule has 0 N–H and O–H groups in total. The van der Waals surface area contributed by atoms with Crippen LogP contribution in [0, 0.1) is 0 Å². The zero-order valence-corrected chi connectivity index (χ0v) is 29.8. The van der Waals surface area contributed by atoms with Crippen LogP contribution in [-0.2, 0) is 5.41 Å². The third-order valence-electron chi connectivity index (χ3n) is 10.7. The molecule has 1 aliphatic carbocycles. The summed E-state index contributed by atoms with van der Waals surface area (Å²) in [4.78, 5) is 10.5. The van der Waals surface area contributed by atoms with Crippen molar-refractivity contribution in [3.05, 3.63) is 181 Å². The normalized spacial score (nSPS) is 13.0. The van der Waals surface area contributed by atoms with Crippen LogP contribution in [0.3, 0.4) is 0 Å². The van der Waals surface area contributed by atoms with Crippen LogP contribution in [0.25, 0.3) is 87.5 Å². The van der Waals surface area contributed by atoms with Crippen LogP contribution in [0.4, 0.5) is 0 Å². The Balaban J connectivity index is 1.18. The van der Waals surface area contributed by atoms with Crippen LogP contribution in [0.15, 0.2) is 170 Å². The van der Waals surface area contributed by atoms with E-state index < -0.39 is 0 Å².